The minimum Gasteiger partial charge on any atom is -0.497 e. The van der Waals surface area contributed by atoms with Gasteiger partial charge in [0.2, 0.25) is 0 Å². The highest BCUT2D eigenvalue weighted by Gasteiger charge is 2.52. The van der Waals surface area contributed by atoms with Crippen molar-refractivity contribution in [2.75, 3.05) is 7.11 Å². The number of aliphatic carboxylic acids is 1. The van der Waals surface area contributed by atoms with Crippen LogP contribution >= 0.6 is 0 Å². The van der Waals surface area contributed by atoms with Crippen LogP contribution in [-0.4, -0.2) is 24.2 Å². The Morgan fingerprint density at radius 2 is 1.89 bits per heavy atom. The van der Waals surface area contributed by atoms with Gasteiger partial charge in [-0.2, -0.15) is 0 Å². The van der Waals surface area contributed by atoms with Gasteiger partial charge in [0.25, 0.3) is 0 Å². The first kappa shape index (κ1) is 13.4. The average Bonchev–Trinajstić information content (AvgIpc) is 3.18. The average molecular weight is 264 g/mol. The van der Waals surface area contributed by atoms with Gasteiger partial charge in [-0.1, -0.05) is 12.1 Å². The van der Waals surface area contributed by atoms with Gasteiger partial charge < -0.3 is 14.6 Å². The van der Waals surface area contributed by atoms with E-state index < -0.39 is 17.4 Å². The molecular formula is C14H16O5. The van der Waals surface area contributed by atoms with Crippen LogP contribution in [0, 0.1) is 5.41 Å². The van der Waals surface area contributed by atoms with E-state index in [1.807, 2.05) is 0 Å². The minimum atomic E-state index is -0.908. The van der Waals surface area contributed by atoms with Crippen molar-refractivity contribution in [3.63, 3.8) is 0 Å². The maximum absolute atomic E-state index is 11.6. The summed E-state index contributed by atoms with van der Waals surface area (Å²) in [7, 11) is 1.58. The Morgan fingerprint density at radius 1 is 1.26 bits per heavy atom. The summed E-state index contributed by atoms with van der Waals surface area (Å²) in [6.45, 7) is 0.151. The molecule has 0 unspecified atom stereocenters. The van der Waals surface area contributed by atoms with Crippen LogP contribution in [0.4, 0.5) is 0 Å². The number of methoxy groups -OCH3 is 1. The Morgan fingerprint density at radius 3 is 2.37 bits per heavy atom. The van der Waals surface area contributed by atoms with Crippen LogP contribution in [0.5, 0.6) is 5.75 Å². The predicted octanol–water partition coefficient (Wildman–Crippen LogP) is 1.99. The normalized spacial score (nSPS) is 15.6. The molecule has 1 fully saturated rings. The van der Waals surface area contributed by atoms with E-state index in [9.17, 15) is 9.59 Å². The summed E-state index contributed by atoms with van der Waals surface area (Å²) in [5.74, 6) is -0.637. The van der Waals surface area contributed by atoms with Crippen LogP contribution in [-0.2, 0) is 20.9 Å². The van der Waals surface area contributed by atoms with Crippen LogP contribution in [0.1, 0.15) is 24.8 Å². The van der Waals surface area contributed by atoms with Crippen molar-refractivity contribution < 1.29 is 24.2 Å². The van der Waals surface area contributed by atoms with Gasteiger partial charge in [-0.05, 0) is 30.5 Å². The van der Waals surface area contributed by atoms with E-state index in [4.69, 9.17) is 14.6 Å². The Hall–Kier alpha value is -2.04. The summed E-state index contributed by atoms with van der Waals surface area (Å²) >= 11 is 0. The van der Waals surface area contributed by atoms with Crippen LogP contribution in [0.15, 0.2) is 24.3 Å². The lowest BCUT2D eigenvalue weighted by Crippen LogP contribution is -2.20. The molecule has 0 atom stereocenters. The number of ether oxygens (including phenoxy) is 2. The van der Waals surface area contributed by atoms with Gasteiger partial charge in [0.15, 0.2) is 0 Å². The molecule has 1 saturated carbocycles. The molecular weight excluding hydrogens is 248 g/mol. The quantitative estimate of drug-likeness (QED) is 0.795. The topological polar surface area (TPSA) is 72.8 Å². The molecule has 5 heteroatoms. The number of carboxylic acid groups (broad SMARTS) is 1. The first-order valence-electron chi connectivity index (χ1n) is 6.08. The maximum atomic E-state index is 11.6. The molecule has 0 aromatic heterocycles. The van der Waals surface area contributed by atoms with E-state index in [0.29, 0.717) is 12.8 Å². The molecule has 0 spiro atoms. The van der Waals surface area contributed by atoms with Gasteiger partial charge in [0.05, 0.1) is 18.9 Å². The van der Waals surface area contributed by atoms with Crippen molar-refractivity contribution in [3.8, 4) is 5.75 Å². The number of carboxylic acids is 1. The predicted molar refractivity (Wildman–Crippen MR) is 66.7 cm³/mol. The van der Waals surface area contributed by atoms with Crippen LogP contribution in [0.2, 0.25) is 0 Å². The summed E-state index contributed by atoms with van der Waals surface area (Å²) in [5.41, 5.74) is -0.0221. The van der Waals surface area contributed by atoms with Crippen LogP contribution < -0.4 is 4.74 Å². The fraction of sp³-hybridized carbons (Fsp3) is 0.429. The van der Waals surface area contributed by atoms with E-state index >= 15 is 0 Å². The summed E-state index contributed by atoms with van der Waals surface area (Å²) in [4.78, 5) is 22.5. The smallest absolute Gasteiger partial charge is 0.310 e. The van der Waals surface area contributed by atoms with Crippen molar-refractivity contribution in [1.29, 1.82) is 0 Å². The number of carbonyl (C=O) groups excluding carboxylic acids is 1. The summed E-state index contributed by atoms with van der Waals surface area (Å²) < 4.78 is 10.1. The second kappa shape index (κ2) is 5.30. The lowest BCUT2D eigenvalue weighted by Gasteiger charge is -2.09. The molecule has 0 amide bonds. The third kappa shape index (κ3) is 3.24. The molecule has 1 N–H and O–H groups in total. The molecule has 0 heterocycles. The lowest BCUT2D eigenvalue weighted by molar-refractivity contribution is -0.153. The second-order valence-electron chi connectivity index (χ2n) is 4.77. The third-order valence-electron chi connectivity index (χ3n) is 3.35. The molecule has 5 nitrogen and oxygen atoms in total. The molecule has 1 aliphatic rings. The fourth-order valence-electron chi connectivity index (χ4n) is 1.83. The molecule has 102 valence electrons. The van der Waals surface area contributed by atoms with E-state index in [1.165, 1.54) is 0 Å². The highest BCUT2D eigenvalue weighted by atomic mass is 16.5. The van der Waals surface area contributed by atoms with Crippen LogP contribution in [0.3, 0.4) is 0 Å². The number of hydrogen-bond donors (Lipinski definition) is 1. The number of carbonyl (C=O) groups is 2. The summed E-state index contributed by atoms with van der Waals surface area (Å²) in [5, 5.41) is 8.97. The number of hydrogen-bond acceptors (Lipinski definition) is 4. The molecule has 19 heavy (non-hydrogen) atoms. The molecule has 0 saturated heterocycles. The second-order valence-corrected chi connectivity index (χ2v) is 4.77. The molecule has 0 aliphatic heterocycles. The zero-order chi connectivity index (χ0) is 13.9. The van der Waals surface area contributed by atoms with Crippen molar-refractivity contribution in [2.24, 2.45) is 5.41 Å². The zero-order valence-electron chi connectivity index (χ0n) is 10.7. The van der Waals surface area contributed by atoms with Gasteiger partial charge >= 0.3 is 11.9 Å². The Balaban J connectivity index is 1.81. The first-order chi connectivity index (χ1) is 9.05. The standard InChI is InChI=1S/C14H16O5/c1-18-11-4-2-10(3-5-11)9-19-12(15)8-14(6-7-14)13(16)17/h2-5H,6-9H2,1H3,(H,16,17). The van der Waals surface area contributed by atoms with Crippen molar-refractivity contribution in [1.82, 2.24) is 0 Å². The molecule has 0 radical (unpaired) electrons. The number of benzene rings is 1. The monoisotopic (exact) mass is 264 g/mol. The SMILES string of the molecule is COc1ccc(COC(=O)CC2(C(=O)O)CC2)cc1. The third-order valence-corrected chi connectivity index (χ3v) is 3.35. The highest BCUT2D eigenvalue weighted by molar-refractivity contribution is 5.84. The van der Waals surface area contributed by atoms with Gasteiger partial charge in [0.1, 0.15) is 12.4 Å². The highest BCUT2D eigenvalue weighted by Crippen LogP contribution is 2.49. The summed E-state index contributed by atoms with van der Waals surface area (Å²) in [6, 6.07) is 7.16. The molecule has 2 rings (SSSR count). The van der Waals surface area contributed by atoms with Crippen molar-refractivity contribution >= 4 is 11.9 Å². The van der Waals surface area contributed by atoms with E-state index in [-0.39, 0.29) is 13.0 Å². The molecule has 1 aromatic rings. The Kier molecular flexibility index (Phi) is 3.74. The summed E-state index contributed by atoms with van der Waals surface area (Å²) in [6.07, 6.45) is 1.07. The van der Waals surface area contributed by atoms with E-state index in [2.05, 4.69) is 0 Å². The number of rotatable bonds is 6. The van der Waals surface area contributed by atoms with E-state index in [0.717, 1.165) is 11.3 Å². The number of esters is 1. The van der Waals surface area contributed by atoms with Gasteiger partial charge in [-0.15, -0.1) is 0 Å². The van der Waals surface area contributed by atoms with Gasteiger partial charge in [0, 0.05) is 0 Å². The minimum absolute atomic E-state index is 0.0432. The lowest BCUT2D eigenvalue weighted by atomic mass is 10.0. The Labute approximate surface area is 111 Å². The Bertz CT molecular complexity index is 473. The zero-order valence-corrected chi connectivity index (χ0v) is 10.7. The molecule has 0 bridgehead atoms. The van der Waals surface area contributed by atoms with Crippen molar-refractivity contribution in [2.45, 2.75) is 25.9 Å². The van der Waals surface area contributed by atoms with Crippen LogP contribution in [0.25, 0.3) is 0 Å². The molecule has 1 aliphatic carbocycles. The van der Waals surface area contributed by atoms with Gasteiger partial charge in [-0.25, -0.2) is 0 Å². The van der Waals surface area contributed by atoms with E-state index in [1.54, 1.807) is 31.4 Å². The van der Waals surface area contributed by atoms with Crippen molar-refractivity contribution in [3.05, 3.63) is 29.8 Å². The molecule has 1 aromatic carbocycles. The first-order valence-corrected chi connectivity index (χ1v) is 6.08. The fourth-order valence-corrected chi connectivity index (χ4v) is 1.83. The van der Waals surface area contributed by atoms with Gasteiger partial charge in [-0.3, -0.25) is 9.59 Å². The largest absolute Gasteiger partial charge is 0.497 e. The maximum Gasteiger partial charge on any atom is 0.310 e.